The summed E-state index contributed by atoms with van der Waals surface area (Å²) in [5.74, 6) is 0.549. The van der Waals surface area contributed by atoms with Gasteiger partial charge in [0.2, 0.25) is 0 Å². The number of pyridine rings is 1. The van der Waals surface area contributed by atoms with Crippen molar-refractivity contribution in [1.82, 2.24) is 4.98 Å². The van der Waals surface area contributed by atoms with Gasteiger partial charge in [-0.1, -0.05) is 103 Å². The fourth-order valence-electron chi connectivity index (χ4n) is 3.91. The minimum absolute atomic E-state index is 0.549. The average Bonchev–Trinajstić information content (AvgIpc) is 2.80. The summed E-state index contributed by atoms with van der Waals surface area (Å²) < 4.78 is 0. The van der Waals surface area contributed by atoms with Crippen molar-refractivity contribution < 1.29 is 0 Å². The normalized spacial score (nSPS) is 16.4. The third-order valence-corrected chi connectivity index (χ3v) is 5.50. The minimum atomic E-state index is 0.549. The van der Waals surface area contributed by atoms with Gasteiger partial charge in [-0.15, -0.1) is 0 Å². The number of fused-ring (bicyclic) bond motifs is 1. The van der Waals surface area contributed by atoms with Gasteiger partial charge >= 0.3 is 0 Å². The quantitative estimate of drug-likeness (QED) is 0.390. The van der Waals surface area contributed by atoms with Gasteiger partial charge < -0.3 is 0 Å². The summed E-state index contributed by atoms with van der Waals surface area (Å²) in [4.78, 5) is 4.91. The smallest absolute Gasteiger partial charge is 0.0715 e. The SMILES string of the molecule is C=C(/C=C\C(=C/C)c1cc(-c2ccccc2)nc2ccccc12)CC1C=CC=CC1. The van der Waals surface area contributed by atoms with Crippen molar-refractivity contribution in [2.45, 2.75) is 19.8 Å². The molecule has 1 aliphatic rings. The highest BCUT2D eigenvalue weighted by Gasteiger charge is 2.10. The molecule has 0 spiro atoms. The van der Waals surface area contributed by atoms with Crippen LogP contribution >= 0.6 is 0 Å². The molecule has 0 fully saturated rings. The molecule has 4 rings (SSSR count). The van der Waals surface area contributed by atoms with E-state index in [1.165, 1.54) is 16.5 Å². The Morgan fingerprint density at radius 1 is 1.03 bits per heavy atom. The van der Waals surface area contributed by atoms with Crippen molar-refractivity contribution in [1.29, 1.82) is 0 Å². The fraction of sp³-hybridized carbons (Fsp3) is 0.138. The molecule has 30 heavy (non-hydrogen) atoms. The maximum atomic E-state index is 4.91. The first-order chi connectivity index (χ1) is 14.7. The van der Waals surface area contributed by atoms with E-state index in [1.807, 2.05) is 12.1 Å². The van der Waals surface area contributed by atoms with Gasteiger partial charge in [-0.05, 0) is 49.0 Å². The van der Waals surface area contributed by atoms with Crippen molar-refractivity contribution in [3.63, 3.8) is 0 Å². The van der Waals surface area contributed by atoms with Crippen molar-refractivity contribution in [3.05, 3.63) is 121 Å². The number of aromatic nitrogens is 1. The summed E-state index contributed by atoms with van der Waals surface area (Å²) in [6, 6.07) is 20.9. The van der Waals surface area contributed by atoms with E-state index in [0.29, 0.717) is 5.92 Å². The predicted molar refractivity (Wildman–Crippen MR) is 130 cm³/mol. The summed E-state index contributed by atoms with van der Waals surface area (Å²) in [6.07, 6.45) is 17.4. The standard InChI is InChI=1S/C29H27N/c1-3-24(19-18-22(2)20-23-12-6-4-7-13-23)27-21-29(25-14-8-5-9-15-25)30-28-17-11-10-16-26(27)28/h3-12,14-19,21,23H,2,13,20H2,1H3/b19-18-,24-3+. The van der Waals surface area contributed by atoms with Crippen LogP contribution in [0.15, 0.2) is 115 Å². The zero-order valence-electron chi connectivity index (χ0n) is 17.5. The molecule has 2 aromatic carbocycles. The van der Waals surface area contributed by atoms with Crippen LogP contribution in [0.3, 0.4) is 0 Å². The van der Waals surface area contributed by atoms with Crippen LogP contribution < -0.4 is 0 Å². The fourth-order valence-corrected chi connectivity index (χ4v) is 3.91. The summed E-state index contributed by atoms with van der Waals surface area (Å²) in [6.45, 7) is 6.38. The summed E-state index contributed by atoms with van der Waals surface area (Å²) in [5, 5.41) is 1.17. The van der Waals surface area contributed by atoms with E-state index in [9.17, 15) is 0 Å². The molecule has 1 unspecified atom stereocenters. The van der Waals surface area contributed by atoms with Gasteiger partial charge in [0, 0.05) is 10.9 Å². The highest BCUT2D eigenvalue weighted by Crippen LogP contribution is 2.30. The van der Waals surface area contributed by atoms with Gasteiger partial charge in [-0.3, -0.25) is 0 Å². The largest absolute Gasteiger partial charge is 0.248 e. The van der Waals surface area contributed by atoms with Crippen LogP contribution in [-0.4, -0.2) is 4.98 Å². The zero-order chi connectivity index (χ0) is 20.8. The van der Waals surface area contributed by atoms with E-state index in [1.54, 1.807) is 0 Å². The zero-order valence-corrected chi connectivity index (χ0v) is 17.5. The molecule has 0 N–H and O–H groups in total. The molecule has 1 atom stereocenters. The number of para-hydroxylation sites is 1. The molecule has 3 aromatic rings. The van der Waals surface area contributed by atoms with E-state index in [-0.39, 0.29) is 0 Å². The van der Waals surface area contributed by atoms with Crippen molar-refractivity contribution in [2.24, 2.45) is 5.92 Å². The second-order valence-electron chi connectivity index (χ2n) is 7.69. The number of rotatable bonds is 6. The van der Waals surface area contributed by atoms with Crippen LogP contribution in [0.2, 0.25) is 0 Å². The van der Waals surface area contributed by atoms with Gasteiger partial charge in [0.1, 0.15) is 0 Å². The Morgan fingerprint density at radius 3 is 2.60 bits per heavy atom. The highest BCUT2D eigenvalue weighted by molar-refractivity contribution is 5.96. The topological polar surface area (TPSA) is 12.9 Å². The first-order valence-electron chi connectivity index (χ1n) is 10.6. The Balaban J connectivity index is 1.66. The Morgan fingerprint density at radius 2 is 1.83 bits per heavy atom. The lowest BCUT2D eigenvalue weighted by molar-refractivity contribution is 0.657. The molecular formula is C29H27N. The molecule has 0 aliphatic heterocycles. The van der Waals surface area contributed by atoms with Gasteiger partial charge in [0.15, 0.2) is 0 Å². The molecule has 1 heteroatoms. The molecule has 1 aromatic heterocycles. The van der Waals surface area contributed by atoms with Crippen LogP contribution in [0.1, 0.15) is 25.3 Å². The lowest BCUT2D eigenvalue weighted by atomic mass is 9.92. The summed E-state index contributed by atoms with van der Waals surface area (Å²) in [7, 11) is 0. The predicted octanol–water partition coefficient (Wildman–Crippen LogP) is 7.94. The molecule has 0 saturated heterocycles. The van der Waals surface area contributed by atoms with Crippen molar-refractivity contribution in [3.8, 4) is 11.3 Å². The molecular weight excluding hydrogens is 362 g/mol. The number of nitrogens with zero attached hydrogens (tertiary/aromatic N) is 1. The molecule has 148 valence electrons. The summed E-state index contributed by atoms with van der Waals surface area (Å²) in [5.41, 5.74) is 6.68. The third kappa shape index (κ3) is 4.58. The van der Waals surface area contributed by atoms with E-state index in [0.717, 1.165) is 35.2 Å². The number of benzene rings is 2. The number of allylic oxidation sites excluding steroid dienone is 9. The van der Waals surface area contributed by atoms with Gasteiger partial charge in [-0.2, -0.15) is 0 Å². The van der Waals surface area contributed by atoms with Crippen LogP contribution in [0.4, 0.5) is 0 Å². The van der Waals surface area contributed by atoms with Crippen molar-refractivity contribution >= 4 is 16.5 Å². The average molecular weight is 390 g/mol. The second-order valence-corrected chi connectivity index (χ2v) is 7.69. The maximum absolute atomic E-state index is 4.91. The van der Waals surface area contributed by atoms with Crippen LogP contribution in [0, 0.1) is 5.92 Å². The first-order valence-corrected chi connectivity index (χ1v) is 10.6. The third-order valence-electron chi connectivity index (χ3n) is 5.50. The monoisotopic (exact) mass is 389 g/mol. The minimum Gasteiger partial charge on any atom is -0.248 e. The first kappa shape index (κ1) is 19.8. The Hall–Kier alpha value is -3.45. The Labute approximate surface area is 179 Å². The van der Waals surface area contributed by atoms with E-state index >= 15 is 0 Å². The van der Waals surface area contributed by atoms with Crippen molar-refractivity contribution in [2.75, 3.05) is 0 Å². The molecule has 0 amide bonds. The van der Waals surface area contributed by atoms with Gasteiger partial charge in [-0.25, -0.2) is 4.98 Å². The Kier molecular flexibility index (Phi) is 6.20. The molecule has 1 heterocycles. The van der Waals surface area contributed by atoms with E-state index < -0.39 is 0 Å². The molecule has 1 nitrogen and oxygen atoms in total. The van der Waals surface area contributed by atoms with E-state index in [2.05, 4.69) is 105 Å². The highest BCUT2D eigenvalue weighted by atomic mass is 14.7. The molecule has 0 radical (unpaired) electrons. The van der Waals surface area contributed by atoms with Crippen LogP contribution in [0.5, 0.6) is 0 Å². The molecule has 0 saturated carbocycles. The second kappa shape index (κ2) is 9.37. The van der Waals surface area contributed by atoms with Crippen LogP contribution in [0.25, 0.3) is 27.7 Å². The number of hydrogen-bond acceptors (Lipinski definition) is 1. The number of hydrogen-bond donors (Lipinski definition) is 0. The molecule has 1 aliphatic carbocycles. The van der Waals surface area contributed by atoms with E-state index in [4.69, 9.17) is 4.98 Å². The Bertz CT molecular complexity index is 1160. The lowest BCUT2D eigenvalue weighted by Gasteiger charge is -2.13. The van der Waals surface area contributed by atoms with Gasteiger partial charge in [0.05, 0.1) is 11.2 Å². The van der Waals surface area contributed by atoms with Crippen LogP contribution in [-0.2, 0) is 0 Å². The lowest BCUT2D eigenvalue weighted by Crippen LogP contribution is -1.98. The summed E-state index contributed by atoms with van der Waals surface area (Å²) >= 11 is 0. The molecule has 0 bridgehead atoms. The maximum Gasteiger partial charge on any atom is 0.0715 e. The van der Waals surface area contributed by atoms with Gasteiger partial charge in [0.25, 0.3) is 0 Å².